The van der Waals surface area contributed by atoms with E-state index in [0.717, 1.165) is 0 Å². The van der Waals surface area contributed by atoms with E-state index in [1.54, 1.807) is 6.92 Å². The molecule has 0 fully saturated rings. The summed E-state index contributed by atoms with van der Waals surface area (Å²) >= 11 is 0. The lowest BCUT2D eigenvalue weighted by Crippen LogP contribution is -2.32. The number of ketones is 1. The van der Waals surface area contributed by atoms with Gasteiger partial charge in [0.25, 0.3) is 0 Å². The van der Waals surface area contributed by atoms with Crippen LogP contribution in [0.1, 0.15) is 26.7 Å². The van der Waals surface area contributed by atoms with E-state index in [-0.39, 0.29) is 12.2 Å². The van der Waals surface area contributed by atoms with Crippen molar-refractivity contribution in [3.05, 3.63) is 12.2 Å². The Morgan fingerprint density at radius 3 is 2.50 bits per heavy atom. The second-order valence-corrected chi connectivity index (χ2v) is 3.19. The first-order valence-electron chi connectivity index (χ1n) is 4.55. The minimum Gasteiger partial charge on any atom is -0.465 e. The Morgan fingerprint density at radius 2 is 2.07 bits per heavy atom. The standard InChI is InChI=1S/C10H17NO3/c1-4-14-10(13)9(11)6-7(2)5-8(3)12/h9H,2,4-6,11H2,1,3H3/t9-/m0/s1. The highest BCUT2D eigenvalue weighted by molar-refractivity contribution is 5.79. The fourth-order valence-electron chi connectivity index (χ4n) is 1.07. The number of carbonyl (C=O) groups is 2. The van der Waals surface area contributed by atoms with E-state index >= 15 is 0 Å². The van der Waals surface area contributed by atoms with Crippen molar-refractivity contribution in [1.29, 1.82) is 0 Å². The molecule has 0 bridgehead atoms. The molecule has 0 aliphatic heterocycles. The molecule has 0 saturated heterocycles. The maximum Gasteiger partial charge on any atom is 0.323 e. The van der Waals surface area contributed by atoms with Gasteiger partial charge in [-0.15, -0.1) is 0 Å². The summed E-state index contributed by atoms with van der Waals surface area (Å²) in [5.41, 5.74) is 6.20. The summed E-state index contributed by atoms with van der Waals surface area (Å²) in [4.78, 5) is 21.8. The second kappa shape index (κ2) is 6.32. The molecule has 0 aromatic heterocycles. The van der Waals surface area contributed by atoms with Crippen LogP contribution in [-0.4, -0.2) is 24.4 Å². The van der Waals surface area contributed by atoms with Gasteiger partial charge in [-0.05, 0) is 20.3 Å². The zero-order valence-corrected chi connectivity index (χ0v) is 8.71. The van der Waals surface area contributed by atoms with E-state index in [1.165, 1.54) is 6.92 Å². The van der Waals surface area contributed by atoms with Crippen LogP contribution in [0.4, 0.5) is 0 Å². The van der Waals surface area contributed by atoms with E-state index in [4.69, 9.17) is 10.5 Å². The Hall–Kier alpha value is -1.16. The largest absolute Gasteiger partial charge is 0.465 e. The summed E-state index contributed by atoms with van der Waals surface area (Å²) < 4.78 is 4.72. The van der Waals surface area contributed by atoms with Gasteiger partial charge in [0.1, 0.15) is 11.8 Å². The minimum atomic E-state index is -0.707. The van der Waals surface area contributed by atoms with E-state index in [9.17, 15) is 9.59 Å². The van der Waals surface area contributed by atoms with Gasteiger partial charge in [-0.3, -0.25) is 9.59 Å². The van der Waals surface area contributed by atoms with Crippen molar-refractivity contribution in [1.82, 2.24) is 0 Å². The van der Waals surface area contributed by atoms with Crippen molar-refractivity contribution in [3.63, 3.8) is 0 Å². The van der Waals surface area contributed by atoms with E-state index in [0.29, 0.717) is 18.6 Å². The quantitative estimate of drug-likeness (QED) is 0.507. The Bertz CT molecular complexity index is 236. The van der Waals surface area contributed by atoms with Gasteiger partial charge in [0, 0.05) is 6.42 Å². The summed E-state index contributed by atoms with van der Waals surface area (Å²) in [5.74, 6) is -0.428. The minimum absolute atomic E-state index is 0.0195. The third kappa shape index (κ3) is 5.48. The van der Waals surface area contributed by atoms with Crippen LogP contribution < -0.4 is 5.73 Å². The van der Waals surface area contributed by atoms with Crippen LogP contribution in [0.15, 0.2) is 12.2 Å². The topological polar surface area (TPSA) is 69.4 Å². The summed E-state index contributed by atoms with van der Waals surface area (Å²) in [6, 6.07) is -0.707. The summed E-state index contributed by atoms with van der Waals surface area (Å²) in [6.45, 7) is 7.17. The first kappa shape index (κ1) is 12.8. The molecule has 0 saturated carbocycles. The third-order valence-corrected chi connectivity index (χ3v) is 1.60. The lowest BCUT2D eigenvalue weighted by atomic mass is 10.0. The molecule has 0 aliphatic rings. The number of rotatable bonds is 6. The third-order valence-electron chi connectivity index (χ3n) is 1.60. The average molecular weight is 199 g/mol. The zero-order chi connectivity index (χ0) is 11.1. The number of ether oxygens (including phenoxy) is 1. The molecule has 2 N–H and O–H groups in total. The molecule has 1 atom stereocenters. The molecule has 4 heteroatoms. The summed E-state index contributed by atoms with van der Waals surface area (Å²) in [5, 5.41) is 0. The molecule has 0 unspecified atom stereocenters. The monoisotopic (exact) mass is 199 g/mol. The van der Waals surface area contributed by atoms with Crippen molar-refractivity contribution >= 4 is 11.8 Å². The fraction of sp³-hybridized carbons (Fsp3) is 0.600. The van der Waals surface area contributed by atoms with E-state index < -0.39 is 12.0 Å². The maximum atomic E-state index is 11.1. The number of hydrogen-bond acceptors (Lipinski definition) is 4. The van der Waals surface area contributed by atoms with Crippen molar-refractivity contribution in [3.8, 4) is 0 Å². The predicted octanol–water partition coefficient (Wildman–Crippen LogP) is 0.802. The van der Waals surface area contributed by atoms with Gasteiger partial charge in [-0.25, -0.2) is 0 Å². The lowest BCUT2D eigenvalue weighted by Gasteiger charge is -2.11. The Morgan fingerprint density at radius 1 is 1.50 bits per heavy atom. The molecule has 0 amide bonds. The Balaban J connectivity index is 3.92. The summed E-state index contributed by atoms with van der Waals surface area (Å²) in [6.07, 6.45) is 0.575. The van der Waals surface area contributed by atoms with Crippen LogP contribution in [0, 0.1) is 0 Å². The average Bonchev–Trinajstić information content (AvgIpc) is 2.02. The smallest absolute Gasteiger partial charge is 0.323 e. The Kier molecular flexibility index (Phi) is 5.79. The molecule has 0 aromatic rings. The molecule has 0 aromatic carbocycles. The highest BCUT2D eigenvalue weighted by atomic mass is 16.5. The van der Waals surface area contributed by atoms with Crippen LogP contribution >= 0.6 is 0 Å². The van der Waals surface area contributed by atoms with Crippen molar-refractivity contribution in [2.75, 3.05) is 6.61 Å². The first-order chi connectivity index (χ1) is 6.47. The van der Waals surface area contributed by atoms with Crippen LogP contribution in [0.25, 0.3) is 0 Å². The van der Waals surface area contributed by atoms with E-state index in [2.05, 4.69) is 6.58 Å². The number of nitrogens with two attached hydrogens (primary N) is 1. The van der Waals surface area contributed by atoms with Gasteiger partial charge in [0.05, 0.1) is 6.61 Å². The molecular weight excluding hydrogens is 182 g/mol. The van der Waals surface area contributed by atoms with Crippen molar-refractivity contribution in [2.24, 2.45) is 5.73 Å². The van der Waals surface area contributed by atoms with Crippen molar-refractivity contribution < 1.29 is 14.3 Å². The summed E-state index contributed by atoms with van der Waals surface area (Å²) in [7, 11) is 0. The number of carbonyl (C=O) groups excluding carboxylic acids is 2. The van der Waals surface area contributed by atoms with Gasteiger partial charge in [-0.2, -0.15) is 0 Å². The molecule has 0 spiro atoms. The molecule has 14 heavy (non-hydrogen) atoms. The SMILES string of the molecule is C=C(CC(C)=O)C[C@H](N)C(=O)OCC. The van der Waals surface area contributed by atoms with Crippen LogP contribution in [0.3, 0.4) is 0 Å². The van der Waals surface area contributed by atoms with Crippen LogP contribution in [0.2, 0.25) is 0 Å². The first-order valence-corrected chi connectivity index (χ1v) is 4.55. The molecule has 80 valence electrons. The molecule has 4 nitrogen and oxygen atoms in total. The molecule has 0 aliphatic carbocycles. The van der Waals surface area contributed by atoms with Gasteiger partial charge < -0.3 is 10.5 Å². The predicted molar refractivity (Wildman–Crippen MR) is 53.7 cm³/mol. The zero-order valence-electron chi connectivity index (χ0n) is 8.71. The van der Waals surface area contributed by atoms with Crippen LogP contribution in [-0.2, 0) is 14.3 Å². The normalized spacial score (nSPS) is 11.9. The van der Waals surface area contributed by atoms with Gasteiger partial charge in [0.15, 0.2) is 0 Å². The van der Waals surface area contributed by atoms with Crippen molar-refractivity contribution in [2.45, 2.75) is 32.7 Å². The molecule has 0 heterocycles. The highest BCUT2D eigenvalue weighted by Crippen LogP contribution is 2.07. The van der Waals surface area contributed by atoms with Gasteiger partial charge >= 0.3 is 5.97 Å². The molecule has 0 radical (unpaired) electrons. The van der Waals surface area contributed by atoms with Gasteiger partial charge in [0.2, 0.25) is 0 Å². The Labute approximate surface area is 84.1 Å². The van der Waals surface area contributed by atoms with Crippen LogP contribution in [0.5, 0.6) is 0 Å². The fourth-order valence-corrected chi connectivity index (χ4v) is 1.07. The molecular formula is C10H17NO3. The lowest BCUT2D eigenvalue weighted by molar-refractivity contribution is -0.144. The molecule has 0 rings (SSSR count). The highest BCUT2D eigenvalue weighted by Gasteiger charge is 2.15. The second-order valence-electron chi connectivity index (χ2n) is 3.19. The van der Waals surface area contributed by atoms with E-state index in [1.807, 2.05) is 0 Å². The van der Waals surface area contributed by atoms with Gasteiger partial charge in [-0.1, -0.05) is 12.2 Å². The number of Topliss-reactive ketones (excluding diaryl/α,β-unsaturated/α-hetero) is 1. The number of esters is 1. The maximum absolute atomic E-state index is 11.1. The number of hydrogen-bond donors (Lipinski definition) is 1.